The molecule has 0 spiro atoms. The van der Waals surface area contributed by atoms with Crippen LogP contribution in [0.15, 0.2) is 77.9 Å². The molecule has 1 fully saturated rings. The Kier molecular flexibility index (Phi) is 10.2. The van der Waals surface area contributed by atoms with Crippen molar-refractivity contribution >= 4 is 34.9 Å². The predicted molar refractivity (Wildman–Crippen MR) is 180 cm³/mol. The van der Waals surface area contributed by atoms with E-state index in [0.29, 0.717) is 45.6 Å². The maximum Gasteiger partial charge on any atom is 0.253 e. The van der Waals surface area contributed by atoms with Crippen molar-refractivity contribution in [2.24, 2.45) is 4.99 Å². The van der Waals surface area contributed by atoms with Crippen molar-refractivity contribution in [2.75, 3.05) is 58.7 Å². The van der Waals surface area contributed by atoms with Gasteiger partial charge in [0.05, 0.1) is 18.0 Å². The van der Waals surface area contributed by atoms with Gasteiger partial charge < -0.3 is 15.1 Å². The minimum absolute atomic E-state index is 0. The Bertz CT molecular complexity index is 1680. The Labute approximate surface area is 269 Å². The van der Waals surface area contributed by atoms with E-state index in [1.807, 2.05) is 35.2 Å². The zero-order chi connectivity index (χ0) is 30.6. The number of piperazine rings is 1. The van der Waals surface area contributed by atoms with Gasteiger partial charge in [-0.05, 0) is 82.1 Å². The third kappa shape index (κ3) is 7.39. The highest BCUT2D eigenvalue weighted by atomic mass is 35.5. The summed E-state index contributed by atoms with van der Waals surface area (Å²) in [6, 6.07) is 19.5. The van der Waals surface area contributed by atoms with Gasteiger partial charge in [-0.3, -0.25) is 14.7 Å². The first-order valence-electron chi connectivity index (χ1n) is 14.8. The van der Waals surface area contributed by atoms with Crippen LogP contribution in [0.25, 0.3) is 11.3 Å². The summed E-state index contributed by atoms with van der Waals surface area (Å²) in [5.74, 6) is 0.103. The fourth-order valence-electron chi connectivity index (χ4n) is 5.66. The summed E-state index contributed by atoms with van der Waals surface area (Å²) in [5.41, 5.74) is 5.40. The van der Waals surface area contributed by atoms with Crippen LogP contribution in [0, 0.1) is 5.82 Å². The van der Waals surface area contributed by atoms with Gasteiger partial charge in [0.25, 0.3) is 5.91 Å². The molecule has 0 radical (unpaired) electrons. The average Bonchev–Trinajstić information content (AvgIpc) is 3.18. The van der Waals surface area contributed by atoms with Crippen LogP contribution in [-0.2, 0) is 6.54 Å². The quantitative estimate of drug-likeness (QED) is 0.244. The van der Waals surface area contributed by atoms with Gasteiger partial charge in [-0.1, -0.05) is 37.2 Å². The third-order valence-electron chi connectivity index (χ3n) is 8.02. The Morgan fingerprint density at radius 3 is 2.47 bits per heavy atom. The zero-order valence-electron chi connectivity index (χ0n) is 24.9. The second-order valence-corrected chi connectivity index (χ2v) is 11.8. The third-order valence-corrected chi connectivity index (χ3v) is 8.26. The number of aliphatic imine (C=N–C) groups is 1. The van der Waals surface area contributed by atoms with Crippen molar-refractivity contribution in [2.45, 2.75) is 20.4 Å². The summed E-state index contributed by atoms with van der Waals surface area (Å²) in [7, 11) is 4.19. The number of amides is 1. The number of benzene rings is 3. The number of hydrogen-bond acceptors (Lipinski definition) is 7. The number of fused-ring (bicyclic) bond motifs is 3. The van der Waals surface area contributed by atoms with Crippen molar-refractivity contribution in [1.82, 2.24) is 24.7 Å². The van der Waals surface area contributed by atoms with Crippen molar-refractivity contribution < 1.29 is 9.18 Å². The molecule has 1 saturated heterocycles. The fraction of sp³-hybridized carbons (Fsp3) is 0.314. The van der Waals surface area contributed by atoms with E-state index in [-0.39, 0.29) is 19.2 Å². The number of hydrogen-bond donors (Lipinski definition) is 1. The molecule has 6 rings (SSSR count). The molecule has 1 N–H and O–H groups in total. The topological polar surface area (TPSA) is 77.0 Å². The smallest absolute Gasteiger partial charge is 0.253 e. The van der Waals surface area contributed by atoms with E-state index in [0.717, 1.165) is 62.5 Å². The van der Waals surface area contributed by atoms with E-state index in [1.165, 1.54) is 6.07 Å². The van der Waals surface area contributed by atoms with Crippen LogP contribution in [0.4, 0.5) is 16.0 Å². The summed E-state index contributed by atoms with van der Waals surface area (Å²) in [4.78, 5) is 33.9. The van der Waals surface area contributed by atoms with Crippen LogP contribution in [0.2, 0.25) is 5.02 Å². The number of halogens is 2. The molecule has 0 aliphatic carbocycles. The van der Waals surface area contributed by atoms with Gasteiger partial charge >= 0.3 is 0 Å². The molecule has 0 saturated carbocycles. The molecular weight excluding hydrogens is 589 g/mol. The second kappa shape index (κ2) is 14.3. The van der Waals surface area contributed by atoms with Gasteiger partial charge in [-0.2, -0.15) is 0 Å². The lowest BCUT2D eigenvalue weighted by atomic mass is 9.95. The van der Waals surface area contributed by atoms with Crippen LogP contribution in [0.3, 0.4) is 0 Å². The van der Waals surface area contributed by atoms with Gasteiger partial charge in [0.15, 0.2) is 0 Å². The molecule has 1 aromatic heterocycles. The van der Waals surface area contributed by atoms with Crippen LogP contribution in [-0.4, -0.2) is 89.7 Å². The number of carbonyl (C=O) groups excluding carboxylic acids is 1. The molecular formula is C35H39ClFN7O. The summed E-state index contributed by atoms with van der Waals surface area (Å²) >= 11 is 6.38. The van der Waals surface area contributed by atoms with E-state index in [2.05, 4.69) is 34.2 Å². The van der Waals surface area contributed by atoms with E-state index >= 15 is 0 Å². The SMILES string of the molecule is C.CN(C)CCCN1CCN(C(=O)c2ccc(Nc3ncc4c(n3)-c3ccc(Cl)cc3C(c3ccccc3F)=NC4)cc2)CC1. The number of rotatable bonds is 8. The van der Waals surface area contributed by atoms with Crippen molar-refractivity contribution in [3.05, 3.63) is 106 Å². The van der Waals surface area contributed by atoms with Crippen LogP contribution in [0.5, 0.6) is 0 Å². The first kappa shape index (κ1) is 32.2. The summed E-state index contributed by atoms with van der Waals surface area (Å²) < 4.78 is 14.8. The second-order valence-electron chi connectivity index (χ2n) is 11.4. The van der Waals surface area contributed by atoms with E-state index in [4.69, 9.17) is 21.6 Å². The molecule has 234 valence electrons. The first-order valence-corrected chi connectivity index (χ1v) is 15.2. The summed E-state index contributed by atoms with van der Waals surface area (Å²) in [5, 5.41) is 3.79. The first-order chi connectivity index (χ1) is 21.4. The van der Waals surface area contributed by atoms with Crippen LogP contribution < -0.4 is 5.32 Å². The molecule has 3 heterocycles. The van der Waals surface area contributed by atoms with Gasteiger partial charge in [0.2, 0.25) is 5.95 Å². The molecule has 0 atom stereocenters. The number of nitrogens with zero attached hydrogens (tertiary/aromatic N) is 6. The number of nitrogens with one attached hydrogen (secondary N) is 1. The lowest BCUT2D eigenvalue weighted by Gasteiger charge is -2.35. The molecule has 45 heavy (non-hydrogen) atoms. The van der Waals surface area contributed by atoms with Gasteiger partial charge in [0, 0.05) is 70.9 Å². The molecule has 8 nitrogen and oxygen atoms in total. The molecule has 3 aromatic carbocycles. The largest absolute Gasteiger partial charge is 0.336 e. The van der Waals surface area contributed by atoms with Crippen LogP contribution >= 0.6 is 11.6 Å². The maximum absolute atomic E-state index is 14.8. The molecule has 4 aromatic rings. The van der Waals surface area contributed by atoms with Crippen LogP contribution in [0.1, 0.15) is 40.9 Å². The van der Waals surface area contributed by atoms with E-state index < -0.39 is 0 Å². The Morgan fingerprint density at radius 2 is 1.73 bits per heavy atom. The molecule has 1 amide bonds. The van der Waals surface area contributed by atoms with E-state index in [9.17, 15) is 9.18 Å². The van der Waals surface area contributed by atoms with Crippen molar-refractivity contribution in [1.29, 1.82) is 0 Å². The molecule has 0 bridgehead atoms. The summed E-state index contributed by atoms with van der Waals surface area (Å²) in [6.45, 7) is 5.70. The highest BCUT2D eigenvalue weighted by Gasteiger charge is 2.24. The highest BCUT2D eigenvalue weighted by molar-refractivity contribution is 6.31. The lowest BCUT2D eigenvalue weighted by Crippen LogP contribution is -2.49. The molecule has 2 aliphatic rings. The Balaban J connectivity index is 0.00000400. The highest BCUT2D eigenvalue weighted by Crippen LogP contribution is 2.34. The van der Waals surface area contributed by atoms with Gasteiger partial charge in [-0.15, -0.1) is 0 Å². The number of aromatic nitrogens is 2. The van der Waals surface area contributed by atoms with Crippen molar-refractivity contribution in [3.63, 3.8) is 0 Å². The maximum atomic E-state index is 14.8. The Morgan fingerprint density at radius 1 is 0.978 bits per heavy atom. The van der Waals surface area contributed by atoms with Gasteiger partial charge in [0.1, 0.15) is 5.82 Å². The van der Waals surface area contributed by atoms with E-state index in [1.54, 1.807) is 36.5 Å². The monoisotopic (exact) mass is 627 g/mol. The van der Waals surface area contributed by atoms with Crippen molar-refractivity contribution in [3.8, 4) is 11.3 Å². The predicted octanol–water partition coefficient (Wildman–Crippen LogP) is 6.38. The number of carbonyl (C=O) groups is 1. The minimum atomic E-state index is -0.351. The zero-order valence-corrected chi connectivity index (χ0v) is 25.7. The fourth-order valence-corrected chi connectivity index (χ4v) is 5.83. The Hall–Kier alpha value is -4.18. The normalized spacial score (nSPS) is 14.6. The minimum Gasteiger partial charge on any atom is -0.336 e. The average molecular weight is 628 g/mol. The molecule has 2 aliphatic heterocycles. The number of anilines is 2. The summed E-state index contributed by atoms with van der Waals surface area (Å²) in [6.07, 6.45) is 2.88. The standard InChI is InChI=1S/C34H35ClFN7O.CH4/c1-41(2)14-5-15-42-16-18-43(19-17-42)33(44)23-8-11-26(12-9-23)39-34-38-22-24-21-37-32(28-6-3-4-7-30(28)36)29-20-25(35)10-13-27(29)31(24)40-34;/h3-4,6-13,20,22H,5,14-19,21H2,1-2H3,(H,38,39,40);1H4. The van der Waals surface area contributed by atoms with Gasteiger partial charge in [-0.25, -0.2) is 14.4 Å². The molecule has 10 heteroatoms. The molecule has 0 unspecified atom stereocenters. The lowest BCUT2D eigenvalue weighted by molar-refractivity contribution is 0.0634.